The molecule has 0 aliphatic carbocycles. The molecule has 2 unspecified atom stereocenters. The Morgan fingerprint density at radius 1 is 1.62 bits per heavy atom. The van der Waals surface area contributed by atoms with Gasteiger partial charge in [-0.3, -0.25) is 0 Å². The molecule has 0 bridgehead atoms. The second-order valence-corrected chi connectivity index (χ2v) is 6.51. The van der Waals surface area contributed by atoms with Gasteiger partial charge >= 0.3 is 0 Å². The van der Waals surface area contributed by atoms with E-state index >= 15 is 0 Å². The Balaban J connectivity index is 2.19. The third kappa shape index (κ3) is 4.30. The number of sulfonamides is 1. The first-order valence-corrected chi connectivity index (χ1v) is 7.11. The van der Waals surface area contributed by atoms with Crippen LogP contribution in [0.15, 0.2) is 0 Å². The second-order valence-electron chi connectivity index (χ2n) is 3.29. The van der Waals surface area contributed by atoms with Crippen LogP contribution in [0.4, 0.5) is 0 Å². The van der Waals surface area contributed by atoms with Crippen molar-refractivity contribution in [2.45, 2.75) is 24.6 Å². The predicted molar refractivity (Wildman–Crippen MR) is 56.3 cm³/mol. The molecule has 1 saturated heterocycles. The van der Waals surface area contributed by atoms with Crippen molar-refractivity contribution in [2.24, 2.45) is 5.14 Å². The van der Waals surface area contributed by atoms with Gasteiger partial charge in [-0.05, 0) is 12.2 Å². The Labute approximate surface area is 83.7 Å². The lowest BCUT2D eigenvalue weighted by atomic mass is 10.2. The Bertz CT molecular complexity index is 253. The van der Waals surface area contributed by atoms with Crippen molar-refractivity contribution in [1.29, 1.82) is 0 Å². The molecule has 1 aliphatic rings. The molecule has 4 nitrogen and oxygen atoms in total. The van der Waals surface area contributed by atoms with Gasteiger partial charge in [0.05, 0.1) is 5.75 Å². The van der Waals surface area contributed by atoms with Crippen LogP contribution in [0.2, 0.25) is 0 Å². The highest BCUT2D eigenvalue weighted by Crippen LogP contribution is 2.25. The summed E-state index contributed by atoms with van der Waals surface area (Å²) in [5.74, 6) is 1.19. The van der Waals surface area contributed by atoms with E-state index in [2.05, 4.69) is 12.2 Å². The van der Waals surface area contributed by atoms with Gasteiger partial charge in [-0.15, -0.1) is 0 Å². The van der Waals surface area contributed by atoms with Crippen molar-refractivity contribution in [3.63, 3.8) is 0 Å². The first-order chi connectivity index (χ1) is 5.99. The molecular formula is C7H16N2O2S2. The summed E-state index contributed by atoms with van der Waals surface area (Å²) in [5, 5.41) is 8.67. The zero-order chi connectivity index (χ0) is 9.90. The van der Waals surface area contributed by atoms with Crippen LogP contribution < -0.4 is 10.5 Å². The second kappa shape index (κ2) is 4.63. The van der Waals surface area contributed by atoms with Crippen LogP contribution in [0.25, 0.3) is 0 Å². The van der Waals surface area contributed by atoms with Gasteiger partial charge in [0.25, 0.3) is 0 Å². The molecule has 1 fully saturated rings. The van der Waals surface area contributed by atoms with Crippen molar-refractivity contribution >= 4 is 21.8 Å². The zero-order valence-corrected chi connectivity index (χ0v) is 9.33. The van der Waals surface area contributed by atoms with Gasteiger partial charge in [-0.2, -0.15) is 11.8 Å². The van der Waals surface area contributed by atoms with Crippen LogP contribution in [0, 0.1) is 0 Å². The van der Waals surface area contributed by atoms with Crippen molar-refractivity contribution in [3.05, 3.63) is 0 Å². The molecule has 13 heavy (non-hydrogen) atoms. The van der Waals surface area contributed by atoms with Crippen LogP contribution in [0.1, 0.15) is 13.3 Å². The van der Waals surface area contributed by atoms with E-state index in [4.69, 9.17) is 5.14 Å². The highest BCUT2D eigenvalue weighted by molar-refractivity contribution is 8.00. The van der Waals surface area contributed by atoms with E-state index < -0.39 is 10.0 Å². The number of hydrogen-bond acceptors (Lipinski definition) is 4. The minimum absolute atomic E-state index is 0.0287. The summed E-state index contributed by atoms with van der Waals surface area (Å²) in [6.07, 6.45) is 1.12. The van der Waals surface area contributed by atoms with Crippen molar-refractivity contribution in [1.82, 2.24) is 5.32 Å². The van der Waals surface area contributed by atoms with Crippen LogP contribution in [-0.4, -0.2) is 37.8 Å². The number of nitrogens with two attached hydrogens (primary N) is 1. The van der Waals surface area contributed by atoms with Gasteiger partial charge in [0, 0.05) is 17.8 Å². The maximum Gasteiger partial charge on any atom is 0.210 e. The number of nitrogens with one attached hydrogen (secondary N) is 1. The first-order valence-electron chi connectivity index (χ1n) is 4.34. The minimum Gasteiger partial charge on any atom is -0.312 e. The van der Waals surface area contributed by atoms with Gasteiger partial charge in [0.1, 0.15) is 0 Å². The predicted octanol–water partition coefficient (Wildman–Crippen LogP) is -0.241. The van der Waals surface area contributed by atoms with Crippen molar-refractivity contribution < 1.29 is 8.42 Å². The lowest BCUT2D eigenvalue weighted by Gasteiger charge is -2.15. The normalized spacial score (nSPS) is 29.4. The highest BCUT2D eigenvalue weighted by atomic mass is 32.2. The van der Waals surface area contributed by atoms with Crippen LogP contribution in [-0.2, 0) is 10.0 Å². The molecular weight excluding hydrogens is 208 g/mol. The van der Waals surface area contributed by atoms with Crippen molar-refractivity contribution in [3.8, 4) is 0 Å². The molecule has 6 heteroatoms. The number of rotatable bonds is 4. The minimum atomic E-state index is -3.30. The zero-order valence-electron chi connectivity index (χ0n) is 7.69. The Morgan fingerprint density at radius 2 is 2.31 bits per heavy atom. The molecule has 0 radical (unpaired) electrons. The summed E-state index contributed by atoms with van der Waals surface area (Å²) in [5.41, 5.74) is 0. The topological polar surface area (TPSA) is 72.2 Å². The van der Waals surface area contributed by atoms with E-state index in [-0.39, 0.29) is 5.75 Å². The van der Waals surface area contributed by atoms with E-state index in [1.807, 2.05) is 11.8 Å². The lowest BCUT2D eigenvalue weighted by Crippen LogP contribution is -2.37. The van der Waals surface area contributed by atoms with Crippen LogP contribution >= 0.6 is 11.8 Å². The van der Waals surface area contributed by atoms with Gasteiger partial charge in [0.2, 0.25) is 10.0 Å². The van der Waals surface area contributed by atoms with E-state index in [0.717, 1.165) is 12.2 Å². The summed E-state index contributed by atoms with van der Waals surface area (Å²) in [6.45, 7) is 2.63. The smallest absolute Gasteiger partial charge is 0.210 e. The van der Waals surface area contributed by atoms with E-state index in [9.17, 15) is 8.42 Å². The molecule has 2 atom stereocenters. The maximum atomic E-state index is 10.6. The average Bonchev–Trinajstić information content (AvgIpc) is 2.34. The fourth-order valence-corrected chi connectivity index (χ4v) is 3.02. The van der Waals surface area contributed by atoms with Gasteiger partial charge in [-0.1, -0.05) is 6.92 Å². The van der Waals surface area contributed by atoms with E-state index in [1.165, 1.54) is 0 Å². The number of thioether (sulfide) groups is 1. The highest BCUT2D eigenvalue weighted by Gasteiger charge is 2.23. The lowest BCUT2D eigenvalue weighted by molar-refractivity contribution is 0.525. The molecule has 0 aromatic heterocycles. The maximum absolute atomic E-state index is 10.6. The summed E-state index contributed by atoms with van der Waals surface area (Å²) < 4.78 is 21.2. The molecule has 0 aromatic carbocycles. The third-order valence-electron chi connectivity index (χ3n) is 2.17. The average molecular weight is 224 g/mol. The number of hydrogen-bond donors (Lipinski definition) is 2. The fourth-order valence-electron chi connectivity index (χ4n) is 1.39. The standard InChI is InChI=1S/C7H16N2O2S2/c1-6-7(2-4-12-6)9-3-5-13(8,10)11/h6-7,9H,2-5H2,1H3,(H2,8,10,11). The van der Waals surface area contributed by atoms with Crippen LogP contribution in [0.5, 0.6) is 0 Å². The Hall–Kier alpha value is 0.220. The first kappa shape index (κ1) is 11.3. The van der Waals surface area contributed by atoms with E-state index in [1.54, 1.807) is 0 Å². The summed E-state index contributed by atoms with van der Waals surface area (Å²) >= 11 is 1.92. The molecule has 0 spiro atoms. The molecule has 3 N–H and O–H groups in total. The summed E-state index contributed by atoms with van der Waals surface area (Å²) in [6, 6.07) is 0.451. The van der Waals surface area contributed by atoms with Gasteiger partial charge in [0.15, 0.2) is 0 Å². The summed E-state index contributed by atoms with van der Waals surface area (Å²) in [7, 11) is -3.30. The molecule has 0 amide bonds. The third-order valence-corrected chi connectivity index (χ3v) is 4.27. The van der Waals surface area contributed by atoms with Crippen molar-refractivity contribution in [2.75, 3.05) is 18.1 Å². The fraction of sp³-hybridized carbons (Fsp3) is 1.00. The quantitative estimate of drug-likeness (QED) is 0.691. The van der Waals surface area contributed by atoms with Gasteiger partial charge in [-0.25, -0.2) is 13.6 Å². The molecule has 78 valence electrons. The van der Waals surface area contributed by atoms with Gasteiger partial charge < -0.3 is 5.32 Å². The van der Waals surface area contributed by atoms with Crippen LogP contribution in [0.3, 0.4) is 0 Å². The molecule has 0 saturated carbocycles. The summed E-state index contributed by atoms with van der Waals surface area (Å²) in [4.78, 5) is 0. The monoisotopic (exact) mass is 224 g/mol. The number of primary sulfonamides is 1. The van der Waals surface area contributed by atoms with E-state index in [0.29, 0.717) is 17.8 Å². The molecule has 1 heterocycles. The Kier molecular flexibility index (Phi) is 4.03. The molecule has 1 aliphatic heterocycles. The largest absolute Gasteiger partial charge is 0.312 e. The Morgan fingerprint density at radius 3 is 2.77 bits per heavy atom. The SMILES string of the molecule is CC1SCCC1NCCS(N)(=O)=O. The molecule has 0 aromatic rings. The molecule has 1 rings (SSSR count).